The zero-order valence-corrected chi connectivity index (χ0v) is 18.4. The predicted molar refractivity (Wildman–Crippen MR) is 116 cm³/mol. The van der Waals surface area contributed by atoms with Gasteiger partial charge in [0.1, 0.15) is 11.5 Å². The number of ether oxygens (including phenoxy) is 3. The molecule has 1 saturated carbocycles. The first-order valence-electron chi connectivity index (χ1n) is 8.99. The minimum atomic E-state index is 0. The molecule has 0 aliphatic heterocycles. The van der Waals surface area contributed by atoms with Crippen molar-refractivity contribution in [2.24, 2.45) is 10.9 Å². The van der Waals surface area contributed by atoms with Crippen LogP contribution in [0.3, 0.4) is 0 Å². The molecule has 1 fully saturated rings. The molecule has 0 bridgehead atoms. The van der Waals surface area contributed by atoms with E-state index in [1.165, 1.54) is 12.8 Å². The fourth-order valence-corrected chi connectivity index (χ4v) is 2.38. The highest BCUT2D eigenvalue weighted by Crippen LogP contribution is 2.28. The number of likely N-dealkylation sites (N-methyl/N-ethyl adjacent to an activating group) is 1. The van der Waals surface area contributed by atoms with Gasteiger partial charge >= 0.3 is 0 Å². The van der Waals surface area contributed by atoms with Crippen LogP contribution in [-0.4, -0.2) is 65.0 Å². The van der Waals surface area contributed by atoms with Crippen molar-refractivity contribution >= 4 is 29.9 Å². The SMILES string of the molecule is CN=C(NCCCOc1cccc(OC)c1)N(C)CCOCC1CC1.I. The van der Waals surface area contributed by atoms with Crippen molar-refractivity contribution < 1.29 is 14.2 Å². The van der Waals surface area contributed by atoms with Gasteiger partial charge in [0.2, 0.25) is 0 Å². The van der Waals surface area contributed by atoms with E-state index in [1.807, 2.05) is 31.3 Å². The van der Waals surface area contributed by atoms with E-state index in [2.05, 4.69) is 15.2 Å². The number of nitrogens with one attached hydrogen (secondary N) is 1. The van der Waals surface area contributed by atoms with E-state index in [-0.39, 0.29) is 24.0 Å². The second-order valence-electron chi connectivity index (χ2n) is 6.29. The summed E-state index contributed by atoms with van der Waals surface area (Å²) in [6, 6.07) is 7.66. The monoisotopic (exact) mass is 477 g/mol. The molecule has 7 heteroatoms. The van der Waals surface area contributed by atoms with Gasteiger partial charge in [-0.15, -0.1) is 24.0 Å². The van der Waals surface area contributed by atoms with Crippen LogP contribution in [0.1, 0.15) is 19.3 Å². The Morgan fingerprint density at radius 2 is 2.04 bits per heavy atom. The van der Waals surface area contributed by atoms with E-state index < -0.39 is 0 Å². The van der Waals surface area contributed by atoms with E-state index in [0.717, 1.165) is 56.1 Å². The zero-order valence-electron chi connectivity index (χ0n) is 16.1. The van der Waals surface area contributed by atoms with Gasteiger partial charge in [0.05, 0.1) is 20.3 Å². The van der Waals surface area contributed by atoms with E-state index in [9.17, 15) is 0 Å². The summed E-state index contributed by atoms with van der Waals surface area (Å²) in [5, 5.41) is 3.36. The zero-order chi connectivity index (χ0) is 17.9. The minimum Gasteiger partial charge on any atom is -0.497 e. The van der Waals surface area contributed by atoms with Crippen LogP contribution in [0.5, 0.6) is 11.5 Å². The molecule has 1 aromatic rings. The topological polar surface area (TPSA) is 55.3 Å². The second-order valence-corrected chi connectivity index (χ2v) is 6.29. The summed E-state index contributed by atoms with van der Waals surface area (Å²) in [6.07, 6.45) is 3.55. The molecular weight excluding hydrogens is 445 g/mol. The highest BCUT2D eigenvalue weighted by atomic mass is 127. The fourth-order valence-electron chi connectivity index (χ4n) is 2.38. The molecule has 1 aromatic carbocycles. The van der Waals surface area contributed by atoms with Gasteiger partial charge in [0.15, 0.2) is 5.96 Å². The lowest BCUT2D eigenvalue weighted by atomic mass is 10.3. The summed E-state index contributed by atoms with van der Waals surface area (Å²) in [4.78, 5) is 6.40. The Kier molecular flexibility index (Phi) is 11.4. The summed E-state index contributed by atoms with van der Waals surface area (Å²) in [5.41, 5.74) is 0. The lowest BCUT2D eigenvalue weighted by molar-refractivity contribution is 0.115. The van der Waals surface area contributed by atoms with Gasteiger partial charge in [-0.3, -0.25) is 4.99 Å². The average Bonchev–Trinajstić information content (AvgIpc) is 3.46. The van der Waals surface area contributed by atoms with E-state index >= 15 is 0 Å². The Morgan fingerprint density at radius 3 is 2.73 bits per heavy atom. The van der Waals surface area contributed by atoms with E-state index in [1.54, 1.807) is 14.2 Å². The molecule has 148 valence electrons. The summed E-state index contributed by atoms with van der Waals surface area (Å²) in [6.45, 7) is 3.94. The summed E-state index contributed by atoms with van der Waals surface area (Å²) >= 11 is 0. The highest BCUT2D eigenvalue weighted by Gasteiger charge is 2.21. The van der Waals surface area contributed by atoms with Crippen molar-refractivity contribution in [3.05, 3.63) is 24.3 Å². The quantitative estimate of drug-likeness (QED) is 0.230. The van der Waals surface area contributed by atoms with Gasteiger partial charge in [-0.25, -0.2) is 0 Å². The first-order chi connectivity index (χ1) is 12.2. The van der Waals surface area contributed by atoms with Crippen molar-refractivity contribution in [2.75, 3.05) is 54.1 Å². The van der Waals surface area contributed by atoms with Crippen molar-refractivity contribution in [3.63, 3.8) is 0 Å². The lowest BCUT2D eigenvalue weighted by Gasteiger charge is -2.22. The third-order valence-corrected chi connectivity index (χ3v) is 4.11. The van der Waals surface area contributed by atoms with Crippen molar-refractivity contribution in [2.45, 2.75) is 19.3 Å². The van der Waals surface area contributed by atoms with Crippen LogP contribution in [-0.2, 0) is 4.74 Å². The maximum absolute atomic E-state index is 5.74. The van der Waals surface area contributed by atoms with Gasteiger partial charge in [-0.2, -0.15) is 0 Å². The number of rotatable bonds is 11. The molecule has 6 nitrogen and oxygen atoms in total. The fraction of sp³-hybridized carbons (Fsp3) is 0.632. The highest BCUT2D eigenvalue weighted by molar-refractivity contribution is 14.0. The maximum Gasteiger partial charge on any atom is 0.193 e. The lowest BCUT2D eigenvalue weighted by Crippen LogP contribution is -2.41. The van der Waals surface area contributed by atoms with Crippen LogP contribution in [0.25, 0.3) is 0 Å². The Morgan fingerprint density at radius 1 is 1.27 bits per heavy atom. The molecule has 1 N–H and O–H groups in total. The number of hydrogen-bond donors (Lipinski definition) is 1. The van der Waals surface area contributed by atoms with Crippen LogP contribution in [0.15, 0.2) is 29.3 Å². The van der Waals surface area contributed by atoms with Gasteiger partial charge in [-0.1, -0.05) is 6.07 Å². The molecule has 26 heavy (non-hydrogen) atoms. The standard InChI is InChI=1S/C19H31N3O3.HI/c1-20-19(22(2)11-13-24-15-16-8-9-16)21-10-5-12-25-18-7-4-6-17(14-18)23-3;/h4,6-7,14,16H,5,8-13,15H2,1-3H3,(H,20,21);1H. The number of halogens is 1. The Hall–Kier alpha value is -1.22. The first-order valence-corrected chi connectivity index (χ1v) is 8.99. The van der Waals surface area contributed by atoms with Gasteiger partial charge in [0.25, 0.3) is 0 Å². The maximum atomic E-state index is 5.74. The summed E-state index contributed by atoms with van der Waals surface area (Å²) in [7, 11) is 5.49. The average molecular weight is 477 g/mol. The number of aliphatic imine (C=N–C) groups is 1. The molecule has 0 aromatic heterocycles. The number of hydrogen-bond acceptors (Lipinski definition) is 4. The third-order valence-electron chi connectivity index (χ3n) is 4.11. The molecule has 0 saturated heterocycles. The molecule has 0 amide bonds. The van der Waals surface area contributed by atoms with Crippen LogP contribution in [0.2, 0.25) is 0 Å². The number of nitrogens with zero attached hydrogens (tertiary/aromatic N) is 2. The normalized spacial score (nSPS) is 13.7. The van der Waals surface area contributed by atoms with Crippen LogP contribution < -0.4 is 14.8 Å². The van der Waals surface area contributed by atoms with Gasteiger partial charge in [-0.05, 0) is 37.3 Å². The van der Waals surface area contributed by atoms with Gasteiger partial charge in [0, 0.05) is 39.9 Å². The molecule has 0 heterocycles. The van der Waals surface area contributed by atoms with Crippen LogP contribution >= 0.6 is 24.0 Å². The molecule has 1 aliphatic rings. The largest absolute Gasteiger partial charge is 0.497 e. The molecule has 0 atom stereocenters. The van der Waals surface area contributed by atoms with Crippen molar-refractivity contribution in [3.8, 4) is 11.5 Å². The molecule has 2 rings (SSSR count). The van der Waals surface area contributed by atoms with Crippen LogP contribution in [0.4, 0.5) is 0 Å². The number of benzene rings is 1. The molecular formula is C19H32IN3O3. The minimum absolute atomic E-state index is 0. The van der Waals surface area contributed by atoms with Crippen molar-refractivity contribution in [1.29, 1.82) is 0 Å². The summed E-state index contributed by atoms with van der Waals surface area (Å²) < 4.78 is 16.6. The second kappa shape index (κ2) is 13.0. The van der Waals surface area contributed by atoms with E-state index in [0.29, 0.717) is 6.61 Å². The molecule has 0 spiro atoms. The molecule has 0 unspecified atom stereocenters. The number of guanidine groups is 1. The van der Waals surface area contributed by atoms with Crippen molar-refractivity contribution in [1.82, 2.24) is 10.2 Å². The molecule has 0 radical (unpaired) electrons. The van der Waals surface area contributed by atoms with Gasteiger partial charge < -0.3 is 24.4 Å². The first kappa shape index (κ1) is 22.8. The Bertz CT molecular complexity index is 539. The third kappa shape index (κ3) is 8.93. The Labute approximate surface area is 174 Å². The summed E-state index contributed by atoms with van der Waals surface area (Å²) in [5.74, 6) is 3.33. The Balaban J connectivity index is 0.00000338. The molecule has 1 aliphatic carbocycles. The smallest absolute Gasteiger partial charge is 0.193 e. The number of methoxy groups -OCH3 is 1. The predicted octanol–water partition coefficient (Wildman–Crippen LogP) is 3.02. The van der Waals surface area contributed by atoms with E-state index in [4.69, 9.17) is 14.2 Å². The van der Waals surface area contributed by atoms with Crippen LogP contribution in [0, 0.1) is 5.92 Å².